The minimum absolute atomic E-state index is 0.00233. The van der Waals surface area contributed by atoms with E-state index < -0.39 is 22.7 Å². The Labute approximate surface area is 113 Å². The molecule has 5 heteroatoms. The molecule has 20 heavy (non-hydrogen) atoms. The molecular formula is C15H10O5. The highest BCUT2D eigenvalue weighted by molar-refractivity contribution is 5.84. The monoisotopic (exact) mass is 270 g/mol. The lowest BCUT2D eigenvalue weighted by Gasteiger charge is -2.06. The molecule has 0 saturated heterocycles. The molecule has 1 aromatic heterocycles. The standard InChI is InChI=1S/C15H10O5/c16-10-6-9-12(7-11(10)17)20-15(14(19)13(9)18)8-4-2-1-3-5-8/h1-7,16-17,19H. The van der Waals surface area contributed by atoms with Crippen molar-refractivity contribution in [3.05, 3.63) is 52.7 Å². The summed E-state index contributed by atoms with van der Waals surface area (Å²) < 4.78 is 5.47. The molecule has 0 atom stereocenters. The molecule has 0 amide bonds. The highest BCUT2D eigenvalue weighted by atomic mass is 16.4. The Bertz CT molecular complexity index is 850. The molecule has 0 fully saturated rings. The van der Waals surface area contributed by atoms with Gasteiger partial charge in [0.15, 0.2) is 17.3 Å². The van der Waals surface area contributed by atoms with Crippen molar-refractivity contribution in [1.82, 2.24) is 0 Å². The smallest absolute Gasteiger partial charge is 0.235 e. The number of aromatic hydroxyl groups is 3. The van der Waals surface area contributed by atoms with Crippen LogP contribution in [-0.2, 0) is 0 Å². The summed E-state index contributed by atoms with van der Waals surface area (Å²) in [6.45, 7) is 0. The summed E-state index contributed by atoms with van der Waals surface area (Å²) >= 11 is 0. The number of phenolic OH excluding ortho intramolecular Hbond substituents is 2. The van der Waals surface area contributed by atoms with Crippen LogP contribution in [0.1, 0.15) is 0 Å². The third-order valence-corrected chi connectivity index (χ3v) is 3.00. The van der Waals surface area contributed by atoms with Crippen molar-refractivity contribution in [2.45, 2.75) is 0 Å². The van der Waals surface area contributed by atoms with E-state index in [2.05, 4.69) is 0 Å². The Kier molecular flexibility index (Phi) is 2.61. The summed E-state index contributed by atoms with van der Waals surface area (Å²) in [6, 6.07) is 10.8. The quantitative estimate of drug-likeness (QED) is 0.591. The first kappa shape index (κ1) is 12.1. The molecule has 0 unspecified atom stereocenters. The van der Waals surface area contributed by atoms with Gasteiger partial charge in [0, 0.05) is 11.6 Å². The van der Waals surface area contributed by atoms with E-state index in [4.69, 9.17) is 4.42 Å². The van der Waals surface area contributed by atoms with Gasteiger partial charge in [-0.2, -0.15) is 0 Å². The molecule has 0 aliphatic carbocycles. The van der Waals surface area contributed by atoms with Crippen molar-refractivity contribution < 1.29 is 19.7 Å². The topological polar surface area (TPSA) is 90.9 Å². The first-order valence-electron chi connectivity index (χ1n) is 5.85. The van der Waals surface area contributed by atoms with Crippen LogP contribution in [-0.4, -0.2) is 15.3 Å². The van der Waals surface area contributed by atoms with Gasteiger partial charge in [0.05, 0.1) is 5.39 Å². The van der Waals surface area contributed by atoms with Gasteiger partial charge in [0.25, 0.3) is 0 Å². The molecule has 0 radical (unpaired) electrons. The maximum atomic E-state index is 12.1. The average molecular weight is 270 g/mol. The Hall–Kier alpha value is -2.95. The van der Waals surface area contributed by atoms with Gasteiger partial charge in [-0.05, 0) is 6.07 Å². The number of hydrogen-bond donors (Lipinski definition) is 3. The van der Waals surface area contributed by atoms with E-state index in [-0.39, 0.29) is 16.7 Å². The zero-order valence-corrected chi connectivity index (χ0v) is 10.2. The van der Waals surface area contributed by atoms with Crippen molar-refractivity contribution in [1.29, 1.82) is 0 Å². The number of rotatable bonds is 1. The van der Waals surface area contributed by atoms with Gasteiger partial charge in [-0.1, -0.05) is 30.3 Å². The van der Waals surface area contributed by atoms with Gasteiger partial charge in [-0.3, -0.25) is 4.79 Å². The first-order chi connectivity index (χ1) is 9.58. The molecule has 0 spiro atoms. The molecule has 0 aliphatic rings. The third kappa shape index (κ3) is 1.76. The van der Waals surface area contributed by atoms with Crippen molar-refractivity contribution in [2.75, 3.05) is 0 Å². The van der Waals surface area contributed by atoms with Crippen LogP contribution in [0.25, 0.3) is 22.3 Å². The zero-order chi connectivity index (χ0) is 14.3. The summed E-state index contributed by atoms with van der Waals surface area (Å²) in [7, 11) is 0. The molecule has 0 saturated carbocycles. The summed E-state index contributed by atoms with van der Waals surface area (Å²) in [5.74, 6) is -1.36. The minimum atomic E-state index is -0.666. The predicted molar refractivity (Wildman–Crippen MR) is 72.9 cm³/mol. The Balaban J connectivity index is 2.39. The fourth-order valence-corrected chi connectivity index (χ4v) is 1.99. The summed E-state index contributed by atoms with van der Waals surface area (Å²) in [5.41, 5.74) is -0.0427. The molecule has 0 bridgehead atoms. The SMILES string of the molecule is O=c1c(O)c(-c2ccccc2)oc2cc(O)c(O)cc12. The fourth-order valence-electron chi connectivity index (χ4n) is 1.99. The van der Waals surface area contributed by atoms with E-state index in [1.54, 1.807) is 30.3 Å². The molecule has 3 aromatic rings. The van der Waals surface area contributed by atoms with E-state index in [9.17, 15) is 20.1 Å². The molecule has 0 aliphatic heterocycles. The highest BCUT2D eigenvalue weighted by Gasteiger charge is 2.16. The van der Waals surface area contributed by atoms with E-state index >= 15 is 0 Å². The van der Waals surface area contributed by atoms with Crippen molar-refractivity contribution in [2.24, 2.45) is 0 Å². The lowest BCUT2D eigenvalue weighted by molar-refractivity contribution is 0.403. The highest BCUT2D eigenvalue weighted by Crippen LogP contribution is 2.34. The second kappa shape index (κ2) is 4.31. The lowest BCUT2D eigenvalue weighted by atomic mass is 10.1. The van der Waals surface area contributed by atoms with E-state index in [0.29, 0.717) is 5.56 Å². The fraction of sp³-hybridized carbons (Fsp3) is 0. The van der Waals surface area contributed by atoms with Gasteiger partial charge in [0.2, 0.25) is 11.2 Å². The average Bonchev–Trinajstić information content (AvgIpc) is 2.46. The largest absolute Gasteiger partial charge is 0.504 e. The Morgan fingerprint density at radius 1 is 0.900 bits per heavy atom. The number of fused-ring (bicyclic) bond motifs is 1. The number of benzene rings is 2. The molecule has 100 valence electrons. The van der Waals surface area contributed by atoms with Crippen LogP contribution in [0.2, 0.25) is 0 Å². The normalized spacial score (nSPS) is 10.8. The molecule has 2 aromatic carbocycles. The van der Waals surface area contributed by atoms with Crippen LogP contribution in [0.3, 0.4) is 0 Å². The van der Waals surface area contributed by atoms with Crippen molar-refractivity contribution in [3.8, 4) is 28.6 Å². The van der Waals surface area contributed by atoms with Gasteiger partial charge >= 0.3 is 0 Å². The van der Waals surface area contributed by atoms with E-state index in [1.165, 1.54) is 0 Å². The van der Waals surface area contributed by atoms with Gasteiger partial charge in [-0.15, -0.1) is 0 Å². The van der Waals surface area contributed by atoms with Crippen LogP contribution in [0.15, 0.2) is 51.7 Å². The molecule has 5 nitrogen and oxygen atoms in total. The summed E-state index contributed by atoms with van der Waals surface area (Å²) in [4.78, 5) is 12.1. The second-order valence-electron chi connectivity index (χ2n) is 4.31. The number of hydrogen-bond acceptors (Lipinski definition) is 5. The van der Waals surface area contributed by atoms with Crippen molar-refractivity contribution >= 4 is 11.0 Å². The second-order valence-corrected chi connectivity index (χ2v) is 4.31. The van der Waals surface area contributed by atoms with E-state index in [1.807, 2.05) is 0 Å². The maximum absolute atomic E-state index is 12.1. The van der Waals surface area contributed by atoms with Crippen molar-refractivity contribution in [3.63, 3.8) is 0 Å². The van der Waals surface area contributed by atoms with Gasteiger partial charge in [-0.25, -0.2) is 0 Å². The van der Waals surface area contributed by atoms with Crippen LogP contribution >= 0.6 is 0 Å². The molecule has 3 N–H and O–H groups in total. The molecule has 3 rings (SSSR count). The Morgan fingerprint density at radius 2 is 1.55 bits per heavy atom. The van der Waals surface area contributed by atoms with Crippen LogP contribution in [0.4, 0.5) is 0 Å². The summed E-state index contributed by atoms with van der Waals surface area (Å²) in [5, 5.41) is 28.8. The summed E-state index contributed by atoms with van der Waals surface area (Å²) in [6.07, 6.45) is 0. The zero-order valence-electron chi connectivity index (χ0n) is 10.2. The molecule has 1 heterocycles. The van der Waals surface area contributed by atoms with Crippen LogP contribution in [0.5, 0.6) is 17.2 Å². The molecular weight excluding hydrogens is 260 g/mol. The third-order valence-electron chi connectivity index (χ3n) is 3.00. The van der Waals surface area contributed by atoms with E-state index in [0.717, 1.165) is 12.1 Å². The van der Waals surface area contributed by atoms with Crippen LogP contribution in [0, 0.1) is 0 Å². The lowest BCUT2D eigenvalue weighted by Crippen LogP contribution is -2.02. The minimum Gasteiger partial charge on any atom is -0.504 e. The maximum Gasteiger partial charge on any atom is 0.235 e. The Morgan fingerprint density at radius 3 is 2.25 bits per heavy atom. The first-order valence-corrected chi connectivity index (χ1v) is 5.85. The predicted octanol–water partition coefficient (Wildman–Crippen LogP) is 2.58. The van der Waals surface area contributed by atoms with Crippen LogP contribution < -0.4 is 5.43 Å². The number of phenols is 2. The van der Waals surface area contributed by atoms with Gasteiger partial charge in [0.1, 0.15) is 5.58 Å². The van der Waals surface area contributed by atoms with Gasteiger partial charge < -0.3 is 19.7 Å².